The number of nitrogens with zero attached hydrogens (tertiary/aromatic N) is 3. The molecule has 1 saturated heterocycles. The minimum atomic E-state index is -0.140. The van der Waals surface area contributed by atoms with E-state index in [1.165, 1.54) is 0 Å². The molecule has 2 aromatic carbocycles. The number of carbonyl (C=O) groups is 1. The summed E-state index contributed by atoms with van der Waals surface area (Å²) < 4.78 is 14.1. The first-order valence-electron chi connectivity index (χ1n) is 12.1. The molecule has 3 heterocycles. The number of anilines is 1. The fourth-order valence-electron chi connectivity index (χ4n) is 4.00. The minimum absolute atomic E-state index is 0.0918. The number of amides is 1. The molecular weight excluding hydrogens is 454 g/mol. The van der Waals surface area contributed by atoms with Crippen molar-refractivity contribution >= 4 is 22.5 Å². The molecule has 0 unspecified atom stereocenters. The standard InChI is InChI=1S/C28H31N5O3/c1-18-11-19(12-27(34)32-20-14-31-33(17-20)28(2,3)4)5-8-25(18)36-26-9-10-30-24-7-6-21(13-23(24)26)35-22-15-29-16-22/h5-11,13-14,17,22,29H,12,15-16H2,1-4H3,(H,32,34). The van der Waals surface area contributed by atoms with Gasteiger partial charge in [-0.05, 0) is 69.2 Å². The molecule has 0 radical (unpaired) electrons. The van der Waals surface area contributed by atoms with Crippen molar-refractivity contribution in [2.45, 2.75) is 45.8 Å². The van der Waals surface area contributed by atoms with Gasteiger partial charge in [-0.1, -0.05) is 12.1 Å². The Morgan fingerprint density at radius 3 is 2.67 bits per heavy atom. The van der Waals surface area contributed by atoms with Crippen LogP contribution in [0.1, 0.15) is 31.9 Å². The van der Waals surface area contributed by atoms with Gasteiger partial charge in [0.05, 0.1) is 29.4 Å². The number of hydrogen-bond acceptors (Lipinski definition) is 6. The lowest BCUT2D eigenvalue weighted by Gasteiger charge is -2.27. The van der Waals surface area contributed by atoms with E-state index in [1.54, 1.807) is 12.4 Å². The first-order valence-corrected chi connectivity index (χ1v) is 12.1. The summed E-state index contributed by atoms with van der Waals surface area (Å²) in [5.74, 6) is 2.15. The topological polar surface area (TPSA) is 90.3 Å². The quantitative estimate of drug-likeness (QED) is 0.390. The normalized spacial score (nSPS) is 13.9. The first kappa shape index (κ1) is 23.8. The number of benzene rings is 2. The molecule has 0 bridgehead atoms. The van der Waals surface area contributed by atoms with Crippen LogP contribution in [-0.4, -0.2) is 39.9 Å². The molecule has 2 N–H and O–H groups in total. The van der Waals surface area contributed by atoms with E-state index in [-0.39, 0.29) is 24.0 Å². The van der Waals surface area contributed by atoms with Crippen molar-refractivity contribution in [3.8, 4) is 17.2 Å². The van der Waals surface area contributed by atoms with Crippen molar-refractivity contribution in [2.75, 3.05) is 18.4 Å². The second kappa shape index (κ2) is 9.62. The Hall–Kier alpha value is -3.91. The lowest BCUT2D eigenvalue weighted by atomic mass is 10.1. The van der Waals surface area contributed by atoms with Crippen LogP contribution < -0.4 is 20.1 Å². The van der Waals surface area contributed by atoms with E-state index >= 15 is 0 Å². The zero-order chi connectivity index (χ0) is 25.3. The molecule has 36 heavy (non-hydrogen) atoms. The van der Waals surface area contributed by atoms with E-state index in [4.69, 9.17) is 9.47 Å². The van der Waals surface area contributed by atoms with Crippen LogP contribution in [0.15, 0.2) is 61.1 Å². The Morgan fingerprint density at radius 2 is 1.97 bits per heavy atom. The zero-order valence-corrected chi connectivity index (χ0v) is 21.0. The number of aromatic nitrogens is 3. The average molecular weight is 486 g/mol. The van der Waals surface area contributed by atoms with E-state index < -0.39 is 0 Å². The van der Waals surface area contributed by atoms with Crippen molar-refractivity contribution in [3.05, 3.63) is 72.2 Å². The summed E-state index contributed by atoms with van der Waals surface area (Å²) in [5.41, 5.74) is 3.24. The number of nitrogens with one attached hydrogen (secondary N) is 2. The molecule has 8 heteroatoms. The molecule has 1 fully saturated rings. The number of fused-ring (bicyclic) bond motifs is 1. The van der Waals surface area contributed by atoms with Gasteiger partial charge in [0, 0.05) is 30.9 Å². The average Bonchev–Trinajstić information content (AvgIpc) is 3.27. The van der Waals surface area contributed by atoms with Crippen molar-refractivity contribution in [1.82, 2.24) is 20.1 Å². The molecule has 0 spiro atoms. The van der Waals surface area contributed by atoms with Crippen molar-refractivity contribution in [3.63, 3.8) is 0 Å². The summed E-state index contributed by atoms with van der Waals surface area (Å²) in [6, 6.07) is 13.5. The molecular formula is C28H31N5O3. The monoisotopic (exact) mass is 485 g/mol. The molecule has 0 saturated carbocycles. The van der Waals surface area contributed by atoms with Gasteiger partial charge < -0.3 is 20.1 Å². The number of ether oxygens (including phenoxy) is 2. The Bertz CT molecular complexity index is 1400. The number of aryl methyl sites for hydroxylation is 1. The summed E-state index contributed by atoms with van der Waals surface area (Å²) >= 11 is 0. The fourth-order valence-corrected chi connectivity index (χ4v) is 4.00. The van der Waals surface area contributed by atoms with Crippen LogP contribution >= 0.6 is 0 Å². The van der Waals surface area contributed by atoms with Gasteiger partial charge >= 0.3 is 0 Å². The molecule has 0 atom stereocenters. The number of carbonyl (C=O) groups excluding carboxylic acids is 1. The van der Waals surface area contributed by atoms with Gasteiger partial charge in [0.2, 0.25) is 5.91 Å². The molecule has 1 aliphatic rings. The van der Waals surface area contributed by atoms with Gasteiger partial charge in [-0.25, -0.2) is 0 Å². The third-order valence-corrected chi connectivity index (χ3v) is 6.10. The predicted octanol–water partition coefficient (Wildman–Crippen LogP) is 4.82. The largest absolute Gasteiger partial charge is 0.488 e. The van der Waals surface area contributed by atoms with Crippen LogP contribution in [0.2, 0.25) is 0 Å². The Kier molecular flexibility index (Phi) is 6.36. The van der Waals surface area contributed by atoms with Gasteiger partial charge in [0.25, 0.3) is 0 Å². The van der Waals surface area contributed by atoms with E-state index in [0.29, 0.717) is 11.4 Å². The number of hydrogen-bond donors (Lipinski definition) is 2. The number of rotatable bonds is 7. The Balaban J connectivity index is 1.28. The van der Waals surface area contributed by atoms with E-state index in [0.717, 1.165) is 46.6 Å². The molecule has 4 aromatic rings. The maximum Gasteiger partial charge on any atom is 0.228 e. The summed E-state index contributed by atoms with van der Waals surface area (Å²) in [6.45, 7) is 9.88. The maximum absolute atomic E-state index is 12.6. The van der Waals surface area contributed by atoms with Crippen LogP contribution in [0.25, 0.3) is 10.9 Å². The molecule has 8 nitrogen and oxygen atoms in total. The lowest BCUT2D eigenvalue weighted by molar-refractivity contribution is -0.115. The third-order valence-electron chi connectivity index (χ3n) is 6.10. The van der Waals surface area contributed by atoms with Crippen LogP contribution in [0.5, 0.6) is 17.2 Å². The van der Waals surface area contributed by atoms with Crippen LogP contribution in [0.3, 0.4) is 0 Å². The SMILES string of the molecule is Cc1cc(CC(=O)Nc2cnn(C(C)(C)C)c2)ccc1Oc1ccnc2ccc(OC3CNC3)cc12. The highest BCUT2D eigenvalue weighted by Gasteiger charge is 2.19. The van der Waals surface area contributed by atoms with Crippen molar-refractivity contribution in [1.29, 1.82) is 0 Å². The van der Waals surface area contributed by atoms with Gasteiger partial charge in [0.15, 0.2) is 0 Å². The van der Waals surface area contributed by atoms with Gasteiger partial charge in [-0.2, -0.15) is 5.10 Å². The Morgan fingerprint density at radius 1 is 1.14 bits per heavy atom. The van der Waals surface area contributed by atoms with Crippen molar-refractivity contribution in [2.24, 2.45) is 0 Å². The van der Waals surface area contributed by atoms with E-state index in [2.05, 4.69) is 41.5 Å². The zero-order valence-electron chi connectivity index (χ0n) is 21.0. The maximum atomic E-state index is 12.6. The molecule has 1 aliphatic heterocycles. The van der Waals surface area contributed by atoms with E-state index in [9.17, 15) is 4.79 Å². The third kappa shape index (κ3) is 5.33. The van der Waals surface area contributed by atoms with Crippen LogP contribution in [0, 0.1) is 6.92 Å². The fraction of sp³-hybridized carbons (Fsp3) is 0.321. The molecule has 186 valence electrons. The molecule has 0 aliphatic carbocycles. The summed E-state index contributed by atoms with van der Waals surface area (Å²) in [4.78, 5) is 17.1. The van der Waals surface area contributed by atoms with E-state index in [1.807, 2.05) is 60.3 Å². The van der Waals surface area contributed by atoms with Crippen LogP contribution in [0.4, 0.5) is 5.69 Å². The first-order chi connectivity index (χ1) is 17.2. The lowest BCUT2D eigenvalue weighted by Crippen LogP contribution is -2.50. The van der Waals surface area contributed by atoms with Crippen molar-refractivity contribution < 1.29 is 14.3 Å². The number of pyridine rings is 1. The van der Waals surface area contributed by atoms with Gasteiger partial charge in [-0.15, -0.1) is 0 Å². The molecule has 1 amide bonds. The minimum Gasteiger partial charge on any atom is -0.488 e. The van der Waals surface area contributed by atoms with Gasteiger partial charge in [-0.3, -0.25) is 14.5 Å². The highest BCUT2D eigenvalue weighted by molar-refractivity contribution is 5.92. The highest BCUT2D eigenvalue weighted by atomic mass is 16.5. The summed E-state index contributed by atoms with van der Waals surface area (Å²) in [5, 5.41) is 11.4. The molecule has 5 rings (SSSR count). The highest BCUT2D eigenvalue weighted by Crippen LogP contribution is 2.33. The summed E-state index contributed by atoms with van der Waals surface area (Å²) in [7, 11) is 0. The second-order valence-electron chi connectivity index (χ2n) is 10.2. The smallest absolute Gasteiger partial charge is 0.228 e. The van der Waals surface area contributed by atoms with Crippen LogP contribution in [-0.2, 0) is 16.8 Å². The Labute approximate surface area is 210 Å². The predicted molar refractivity (Wildman–Crippen MR) is 140 cm³/mol. The van der Waals surface area contributed by atoms with Gasteiger partial charge in [0.1, 0.15) is 23.4 Å². The second-order valence-corrected chi connectivity index (χ2v) is 10.2. The molecule has 2 aromatic heterocycles. The summed E-state index contributed by atoms with van der Waals surface area (Å²) in [6.07, 6.45) is 5.72.